The molecule has 0 atom stereocenters. The number of nitrogens with zero attached hydrogens (tertiary/aromatic N) is 2. The summed E-state index contributed by atoms with van der Waals surface area (Å²) in [4.78, 5) is 39.4. The number of carbonyl (C=O) groups excluding carboxylic acids is 3. The van der Waals surface area contributed by atoms with Crippen LogP contribution in [0.1, 0.15) is 43.0 Å². The molecule has 1 aliphatic carbocycles. The summed E-state index contributed by atoms with van der Waals surface area (Å²) in [5.74, 6) is 0.504. The Kier molecular flexibility index (Phi) is 6.90. The van der Waals surface area contributed by atoms with Crippen LogP contribution < -0.4 is 15.5 Å². The smallest absolute Gasteiger partial charge is 0.251 e. The highest BCUT2D eigenvalue weighted by Crippen LogP contribution is 2.31. The van der Waals surface area contributed by atoms with Gasteiger partial charge in [-0.25, -0.2) is 0 Å². The highest BCUT2D eigenvalue weighted by atomic mass is 16.2. The van der Waals surface area contributed by atoms with Crippen LogP contribution in [-0.4, -0.2) is 61.9 Å². The van der Waals surface area contributed by atoms with Crippen LogP contribution in [0, 0.1) is 5.92 Å². The van der Waals surface area contributed by atoms with Crippen molar-refractivity contribution in [2.75, 3.05) is 44.2 Å². The van der Waals surface area contributed by atoms with Gasteiger partial charge in [-0.05, 0) is 49.9 Å². The summed E-state index contributed by atoms with van der Waals surface area (Å²) in [5, 5.41) is 5.65. The zero-order chi connectivity index (χ0) is 19.9. The fourth-order valence-electron chi connectivity index (χ4n) is 3.42. The molecule has 2 N–H and O–H groups in total. The van der Waals surface area contributed by atoms with Gasteiger partial charge in [-0.1, -0.05) is 0 Å². The summed E-state index contributed by atoms with van der Waals surface area (Å²) < 4.78 is 0. The van der Waals surface area contributed by atoms with Gasteiger partial charge in [0, 0.05) is 63.4 Å². The molecule has 1 saturated heterocycles. The van der Waals surface area contributed by atoms with Crippen LogP contribution in [0.2, 0.25) is 0 Å². The maximum Gasteiger partial charge on any atom is 0.251 e. The third-order valence-electron chi connectivity index (χ3n) is 5.28. The fraction of sp³-hybridized carbons (Fsp3) is 0.571. The average molecular weight is 386 g/mol. The molecule has 0 spiro atoms. The summed E-state index contributed by atoms with van der Waals surface area (Å²) in [7, 11) is 0. The first-order valence-corrected chi connectivity index (χ1v) is 10.2. The molecule has 7 heteroatoms. The number of benzene rings is 1. The van der Waals surface area contributed by atoms with Gasteiger partial charge in [-0.3, -0.25) is 14.4 Å². The standard InChI is InChI=1S/C21H30N4O3/c1-16(26)22-10-2-3-11-23-20(27)17-6-8-19(9-7-17)24-12-14-25(15-13-24)21(28)18-4-5-18/h6-9,18H,2-5,10-15H2,1H3,(H,22,26)(H,23,27). The Balaban J connectivity index is 1.39. The van der Waals surface area contributed by atoms with Crippen LogP contribution in [0.4, 0.5) is 5.69 Å². The average Bonchev–Trinajstić information content (AvgIpc) is 3.55. The van der Waals surface area contributed by atoms with Gasteiger partial charge in [0.1, 0.15) is 0 Å². The lowest BCUT2D eigenvalue weighted by Gasteiger charge is -2.36. The largest absolute Gasteiger partial charge is 0.368 e. The van der Waals surface area contributed by atoms with Gasteiger partial charge < -0.3 is 20.4 Å². The zero-order valence-electron chi connectivity index (χ0n) is 16.6. The van der Waals surface area contributed by atoms with Crippen LogP contribution in [-0.2, 0) is 9.59 Å². The van der Waals surface area contributed by atoms with Crippen molar-refractivity contribution in [3.8, 4) is 0 Å². The molecule has 3 rings (SSSR count). The monoisotopic (exact) mass is 386 g/mol. The van der Waals surface area contributed by atoms with Crippen molar-refractivity contribution in [2.24, 2.45) is 5.92 Å². The second-order valence-electron chi connectivity index (χ2n) is 7.58. The first-order valence-electron chi connectivity index (χ1n) is 10.2. The minimum Gasteiger partial charge on any atom is -0.368 e. The van der Waals surface area contributed by atoms with E-state index in [0.717, 1.165) is 57.5 Å². The lowest BCUT2D eigenvalue weighted by atomic mass is 10.1. The van der Waals surface area contributed by atoms with Crippen LogP contribution >= 0.6 is 0 Å². The van der Waals surface area contributed by atoms with Gasteiger partial charge in [0.2, 0.25) is 11.8 Å². The van der Waals surface area contributed by atoms with Gasteiger partial charge in [0.15, 0.2) is 0 Å². The third kappa shape index (κ3) is 5.71. The van der Waals surface area contributed by atoms with E-state index in [1.165, 1.54) is 6.92 Å². The van der Waals surface area contributed by atoms with Crippen molar-refractivity contribution < 1.29 is 14.4 Å². The van der Waals surface area contributed by atoms with E-state index in [2.05, 4.69) is 15.5 Å². The Hall–Kier alpha value is -2.57. The Bertz CT molecular complexity index is 692. The number of piperazine rings is 1. The van der Waals surface area contributed by atoms with E-state index in [0.29, 0.717) is 24.6 Å². The summed E-state index contributed by atoms with van der Waals surface area (Å²) in [6, 6.07) is 7.65. The molecule has 7 nitrogen and oxygen atoms in total. The van der Waals surface area contributed by atoms with Crippen molar-refractivity contribution in [1.82, 2.24) is 15.5 Å². The van der Waals surface area contributed by atoms with Crippen molar-refractivity contribution in [2.45, 2.75) is 32.6 Å². The predicted molar refractivity (Wildman–Crippen MR) is 108 cm³/mol. The molecule has 0 bridgehead atoms. The number of anilines is 1. The van der Waals surface area contributed by atoms with E-state index in [-0.39, 0.29) is 17.7 Å². The van der Waals surface area contributed by atoms with Gasteiger partial charge >= 0.3 is 0 Å². The molecule has 0 aromatic heterocycles. The molecule has 0 unspecified atom stereocenters. The Morgan fingerprint density at radius 3 is 2.11 bits per heavy atom. The van der Waals surface area contributed by atoms with E-state index in [9.17, 15) is 14.4 Å². The summed E-state index contributed by atoms with van der Waals surface area (Å²) in [6.07, 6.45) is 3.78. The predicted octanol–water partition coefficient (Wildman–Crippen LogP) is 1.39. The Morgan fingerprint density at radius 2 is 1.54 bits per heavy atom. The van der Waals surface area contributed by atoms with Crippen LogP contribution in [0.5, 0.6) is 0 Å². The fourth-order valence-corrected chi connectivity index (χ4v) is 3.42. The van der Waals surface area contributed by atoms with Crippen LogP contribution in [0.3, 0.4) is 0 Å². The molecule has 1 aromatic rings. The summed E-state index contributed by atoms with van der Waals surface area (Å²) >= 11 is 0. The maximum absolute atomic E-state index is 12.2. The highest BCUT2D eigenvalue weighted by Gasteiger charge is 2.34. The van der Waals surface area contributed by atoms with E-state index >= 15 is 0 Å². The van der Waals surface area contributed by atoms with E-state index in [1.807, 2.05) is 29.2 Å². The van der Waals surface area contributed by atoms with Gasteiger partial charge in [-0.2, -0.15) is 0 Å². The number of hydrogen-bond donors (Lipinski definition) is 2. The molecule has 2 fully saturated rings. The molecule has 28 heavy (non-hydrogen) atoms. The first-order chi connectivity index (χ1) is 13.5. The topological polar surface area (TPSA) is 81.8 Å². The molecular weight excluding hydrogens is 356 g/mol. The number of nitrogens with one attached hydrogen (secondary N) is 2. The van der Waals surface area contributed by atoms with E-state index in [4.69, 9.17) is 0 Å². The summed E-state index contributed by atoms with van der Waals surface area (Å²) in [6.45, 7) is 5.94. The van der Waals surface area contributed by atoms with Crippen LogP contribution in [0.15, 0.2) is 24.3 Å². The number of amides is 3. The van der Waals surface area contributed by atoms with E-state index in [1.54, 1.807) is 0 Å². The Labute approximate surface area is 166 Å². The third-order valence-corrected chi connectivity index (χ3v) is 5.28. The minimum atomic E-state index is -0.0778. The molecule has 0 radical (unpaired) electrons. The molecule has 2 aliphatic rings. The van der Waals surface area contributed by atoms with Crippen molar-refractivity contribution in [3.63, 3.8) is 0 Å². The summed E-state index contributed by atoms with van der Waals surface area (Å²) in [5.41, 5.74) is 1.73. The van der Waals surface area contributed by atoms with E-state index < -0.39 is 0 Å². The lowest BCUT2D eigenvalue weighted by molar-refractivity contribution is -0.132. The van der Waals surface area contributed by atoms with Crippen molar-refractivity contribution in [3.05, 3.63) is 29.8 Å². The normalized spacial score (nSPS) is 16.6. The molecule has 152 valence electrons. The maximum atomic E-state index is 12.2. The second-order valence-corrected chi connectivity index (χ2v) is 7.58. The molecule has 3 amide bonds. The molecule has 1 aliphatic heterocycles. The molecule has 1 saturated carbocycles. The van der Waals surface area contributed by atoms with Gasteiger partial charge in [0.05, 0.1) is 0 Å². The van der Waals surface area contributed by atoms with Gasteiger partial charge in [0.25, 0.3) is 5.91 Å². The lowest BCUT2D eigenvalue weighted by Crippen LogP contribution is -2.49. The molecule has 1 heterocycles. The number of carbonyl (C=O) groups is 3. The molecular formula is C21H30N4O3. The first kappa shape index (κ1) is 20.2. The Morgan fingerprint density at radius 1 is 0.929 bits per heavy atom. The second kappa shape index (κ2) is 9.57. The minimum absolute atomic E-state index is 0.0277. The highest BCUT2D eigenvalue weighted by molar-refractivity contribution is 5.94. The van der Waals surface area contributed by atoms with Crippen molar-refractivity contribution in [1.29, 1.82) is 0 Å². The SMILES string of the molecule is CC(=O)NCCCCNC(=O)c1ccc(N2CCN(C(=O)C3CC3)CC2)cc1. The number of hydrogen-bond acceptors (Lipinski definition) is 4. The quantitative estimate of drug-likeness (QED) is 0.662. The van der Waals surface area contributed by atoms with Crippen molar-refractivity contribution >= 4 is 23.4 Å². The molecule has 1 aromatic carbocycles. The van der Waals surface area contributed by atoms with Gasteiger partial charge in [-0.15, -0.1) is 0 Å². The van der Waals surface area contributed by atoms with Crippen LogP contribution in [0.25, 0.3) is 0 Å². The number of unbranched alkanes of at least 4 members (excludes halogenated alkanes) is 1. The number of rotatable bonds is 8. The zero-order valence-corrected chi connectivity index (χ0v) is 16.6.